The smallest absolute Gasteiger partial charge is 0.144 e. The van der Waals surface area contributed by atoms with Gasteiger partial charge in [-0.25, -0.2) is 15.0 Å². The monoisotopic (exact) mass is 160 g/mol. The van der Waals surface area contributed by atoms with Crippen LogP contribution in [0, 0.1) is 6.92 Å². The second-order valence-corrected chi connectivity index (χ2v) is 2.50. The molecule has 2 rings (SSSR count). The highest BCUT2D eigenvalue weighted by Crippen LogP contribution is 2.06. The lowest BCUT2D eigenvalue weighted by atomic mass is 10.3. The molecule has 0 aliphatic heterocycles. The molecule has 0 fully saturated rings. The number of hydrogen-bond donors (Lipinski definition) is 0. The van der Waals surface area contributed by atoms with Crippen molar-refractivity contribution in [2.75, 3.05) is 0 Å². The van der Waals surface area contributed by atoms with E-state index in [9.17, 15) is 0 Å². The molecule has 0 unspecified atom stereocenters. The molecule has 0 N–H and O–H groups in total. The molecule has 0 aliphatic carbocycles. The molecule has 0 spiro atoms. The van der Waals surface area contributed by atoms with Gasteiger partial charge >= 0.3 is 0 Å². The molecule has 0 amide bonds. The third-order valence-corrected chi connectivity index (χ3v) is 1.62. The maximum atomic E-state index is 4.13. The highest BCUT2D eigenvalue weighted by molar-refractivity contribution is 5.29. The van der Waals surface area contributed by atoms with Crippen molar-refractivity contribution in [2.45, 2.75) is 6.92 Å². The van der Waals surface area contributed by atoms with Crippen LogP contribution >= 0.6 is 0 Å². The average molecular weight is 160 g/mol. The van der Waals surface area contributed by atoms with Gasteiger partial charge in [0.1, 0.15) is 18.5 Å². The lowest BCUT2D eigenvalue weighted by Gasteiger charge is -2.02. The summed E-state index contributed by atoms with van der Waals surface area (Å²) in [4.78, 5) is 12.0. The summed E-state index contributed by atoms with van der Waals surface area (Å²) in [6.45, 7) is 1.97. The van der Waals surface area contributed by atoms with Crippen LogP contribution in [0.5, 0.6) is 0 Å². The third-order valence-electron chi connectivity index (χ3n) is 1.62. The number of aromatic nitrogens is 4. The summed E-state index contributed by atoms with van der Waals surface area (Å²) in [5.41, 5.74) is 1.04. The Hall–Kier alpha value is -1.71. The van der Waals surface area contributed by atoms with Crippen molar-refractivity contribution < 1.29 is 0 Å². The van der Waals surface area contributed by atoms with Gasteiger partial charge in [-0.05, 0) is 6.92 Å². The number of rotatable bonds is 1. The molecule has 2 heterocycles. The van der Waals surface area contributed by atoms with E-state index in [1.165, 1.54) is 6.33 Å². The fourth-order valence-electron chi connectivity index (χ4n) is 1.05. The first-order chi connectivity index (χ1) is 5.88. The summed E-state index contributed by atoms with van der Waals surface area (Å²) in [6.07, 6.45) is 8.61. The van der Waals surface area contributed by atoms with Crippen LogP contribution in [0.4, 0.5) is 0 Å². The van der Waals surface area contributed by atoms with Gasteiger partial charge in [0.25, 0.3) is 0 Å². The lowest BCUT2D eigenvalue weighted by Crippen LogP contribution is -1.97. The zero-order valence-electron chi connectivity index (χ0n) is 6.68. The summed E-state index contributed by atoms with van der Waals surface area (Å²) in [5, 5.41) is 0. The van der Waals surface area contributed by atoms with E-state index in [2.05, 4.69) is 15.0 Å². The van der Waals surface area contributed by atoms with Crippen molar-refractivity contribution in [3.63, 3.8) is 0 Å². The quantitative estimate of drug-likeness (QED) is 0.624. The molecule has 2 aromatic rings. The Balaban J connectivity index is 2.55. The van der Waals surface area contributed by atoms with Crippen LogP contribution in [-0.2, 0) is 0 Å². The first kappa shape index (κ1) is 6.97. The van der Waals surface area contributed by atoms with E-state index in [0.717, 1.165) is 11.4 Å². The molecule has 0 radical (unpaired) electrons. The largest absolute Gasteiger partial charge is 0.290 e. The highest BCUT2D eigenvalue weighted by Gasteiger charge is 1.99. The Kier molecular flexibility index (Phi) is 1.59. The predicted octanol–water partition coefficient (Wildman–Crippen LogP) is 0.971. The van der Waals surface area contributed by atoms with Crippen LogP contribution in [-0.4, -0.2) is 19.5 Å². The third kappa shape index (κ3) is 1.07. The van der Waals surface area contributed by atoms with Gasteiger partial charge in [-0.3, -0.25) is 4.57 Å². The molecule has 0 aliphatic rings. The molecule has 2 aromatic heterocycles. The Morgan fingerprint density at radius 2 is 2.25 bits per heavy atom. The fraction of sp³-hybridized carbons (Fsp3) is 0.125. The number of imidazole rings is 1. The van der Waals surface area contributed by atoms with E-state index in [-0.39, 0.29) is 0 Å². The molecule has 0 aromatic carbocycles. The maximum absolute atomic E-state index is 4.13. The molecule has 0 saturated heterocycles. The summed E-state index contributed by atoms with van der Waals surface area (Å²) in [5.74, 6) is 0.877. The summed E-state index contributed by atoms with van der Waals surface area (Å²) in [7, 11) is 0. The zero-order chi connectivity index (χ0) is 8.39. The van der Waals surface area contributed by atoms with Gasteiger partial charge in [0.15, 0.2) is 0 Å². The van der Waals surface area contributed by atoms with Crippen molar-refractivity contribution in [3.8, 4) is 5.82 Å². The molecule has 60 valence electrons. The van der Waals surface area contributed by atoms with Gasteiger partial charge in [-0.2, -0.15) is 0 Å². The minimum absolute atomic E-state index is 0.877. The van der Waals surface area contributed by atoms with E-state index in [0.29, 0.717) is 0 Å². The highest BCUT2D eigenvalue weighted by atomic mass is 15.1. The van der Waals surface area contributed by atoms with Gasteiger partial charge in [-0.15, -0.1) is 0 Å². The van der Waals surface area contributed by atoms with Crippen LogP contribution in [0.15, 0.2) is 31.2 Å². The number of nitrogens with zero attached hydrogens (tertiary/aromatic N) is 4. The molecule has 0 saturated carbocycles. The fourth-order valence-corrected chi connectivity index (χ4v) is 1.05. The molecule has 4 heteroatoms. The van der Waals surface area contributed by atoms with Crippen molar-refractivity contribution in [2.24, 2.45) is 0 Å². The Morgan fingerprint density at radius 1 is 1.33 bits per heavy atom. The van der Waals surface area contributed by atoms with Gasteiger partial charge in [0, 0.05) is 24.2 Å². The van der Waals surface area contributed by atoms with Crippen molar-refractivity contribution >= 4 is 0 Å². The average Bonchev–Trinajstić information content (AvgIpc) is 2.57. The maximum Gasteiger partial charge on any atom is 0.144 e. The standard InChI is InChI=1S/C8H8N4/c1-7-4-10-5-11-8(7)12-3-2-9-6-12/h2-6H,1H3. The van der Waals surface area contributed by atoms with Crippen molar-refractivity contribution in [1.29, 1.82) is 0 Å². The molecular weight excluding hydrogens is 152 g/mol. The minimum atomic E-state index is 0.877. The van der Waals surface area contributed by atoms with E-state index in [1.54, 1.807) is 18.7 Å². The first-order valence-electron chi connectivity index (χ1n) is 3.63. The SMILES string of the molecule is Cc1cncnc1-n1ccnc1. The molecule has 0 bridgehead atoms. The Bertz CT molecular complexity index is 366. The summed E-state index contributed by atoms with van der Waals surface area (Å²) >= 11 is 0. The molecule has 12 heavy (non-hydrogen) atoms. The van der Waals surface area contributed by atoms with Crippen LogP contribution in [0.2, 0.25) is 0 Å². The summed E-state index contributed by atoms with van der Waals surface area (Å²) in [6, 6.07) is 0. The second-order valence-electron chi connectivity index (χ2n) is 2.50. The van der Waals surface area contributed by atoms with Crippen molar-refractivity contribution in [3.05, 3.63) is 36.8 Å². The zero-order valence-corrected chi connectivity index (χ0v) is 6.68. The van der Waals surface area contributed by atoms with Crippen LogP contribution in [0.3, 0.4) is 0 Å². The summed E-state index contributed by atoms with van der Waals surface area (Å²) < 4.78 is 1.86. The van der Waals surface area contributed by atoms with Crippen molar-refractivity contribution in [1.82, 2.24) is 19.5 Å². The predicted molar refractivity (Wildman–Crippen MR) is 43.9 cm³/mol. The minimum Gasteiger partial charge on any atom is -0.290 e. The topological polar surface area (TPSA) is 43.6 Å². The molecular formula is C8H8N4. The van der Waals surface area contributed by atoms with E-state index in [4.69, 9.17) is 0 Å². The van der Waals surface area contributed by atoms with E-state index < -0.39 is 0 Å². The van der Waals surface area contributed by atoms with Crippen LogP contribution < -0.4 is 0 Å². The first-order valence-corrected chi connectivity index (χ1v) is 3.63. The Labute approximate surface area is 69.9 Å². The number of aryl methyl sites for hydroxylation is 1. The molecule has 0 atom stereocenters. The molecule has 4 nitrogen and oxygen atoms in total. The number of hydrogen-bond acceptors (Lipinski definition) is 3. The Morgan fingerprint density at radius 3 is 2.92 bits per heavy atom. The van der Waals surface area contributed by atoms with Gasteiger partial charge < -0.3 is 0 Å². The van der Waals surface area contributed by atoms with Gasteiger partial charge in [0.2, 0.25) is 0 Å². The van der Waals surface area contributed by atoms with E-state index in [1.807, 2.05) is 17.7 Å². The van der Waals surface area contributed by atoms with Gasteiger partial charge in [-0.1, -0.05) is 0 Å². The normalized spacial score (nSPS) is 10.1. The van der Waals surface area contributed by atoms with E-state index >= 15 is 0 Å². The van der Waals surface area contributed by atoms with Crippen LogP contribution in [0.25, 0.3) is 5.82 Å². The second kappa shape index (κ2) is 2.73. The van der Waals surface area contributed by atoms with Gasteiger partial charge in [0.05, 0.1) is 0 Å². The van der Waals surface area contributed by atoms with Crippen LogP contribution in [0.1, 0.15) is 5.56 Å². The lowest BCUT2D eigenvalue weighted by molar-refractivity contribution is 0.950.